The molecular formula is C18H28N2O4. The Morgan fingerprint density at radius 3 is 2.38 bits per heavy atom. The van der Waals surface area contributed by atoms with E-state index in [0.717, 1.165) is 26.2 Å². The van der Waals surface area contributed by atoms with E-state index >= 15 is 0 Å². The predicted octanol–water partition coefficient (Wildman–Crippen LogP) is 1.74. The maximum Gasteiger partial charge on any atom is 0.409 e. The smallest absolute Gasteiger partial charge is 0.409 e. The van der Waals surface area contributed by atoms with Crippen LogP contribution in [0.15, 0.2) is 0 Å². The van der Waals surface area contributed by atoms with Gasteiger partial charge in [0.05, 0.1) is 19.1 Å². The molecule has 0 aromatic heterocycles. The van der Waals surface area contributed by atoms with Crippen molar-refractivity contribution >= 4 is 12.1 Å². The maximum atomic E-state index is 11.9. The summed E-state index contributed by atoms with van der Waals surface area (Å²) >= 11 is 0. The monoisotopic (exact) mass is 336 g/mol. The van der Waals surface area contributed by atoms with Gasteiger partial charge < -0.3 is 14.4 Å². The average Bonchev–Trinajstić information content (AvgIpc) is 2.91. The van der Waals surface area contributed by atoms with E-state index in [4.69, 9.17) is 9.47 Å². The highest BCUT2D eigenvalue weighted by Gasteiger charge is 2.62. The molecule has 1 spiro atoms. The molecule has 24 heavy (non-hydrogen) atoms. The van der Waals surface area contributed by atoms with Crippen LogP contribution in [0, 0.1) is 23.2 Å². The largest absolute Gasteiger partial charge is 0.466 e. The van der Waals surface area contributed by atoms with E-state index in [1.165, 1.54) is 19.3 Å². The fourth-order valence-electron chi connectivity index (χ4n) is 5.33. The standard InChI is InChI=1S/C18H28N2O4/c1-3-23-16(21)15-13-8-19(9-14(13)15)12-5-6-18(7-12)10-20(11-18)17(22)24-4-2/h12-15H,3-11H2,1-2H3/t12?,13-,14+,15+. The lowest BCUT2D eigenvalue weighted by Crippen LogP contribution is -2.57. The lowest BCUT2D eigenvalue weighted by atomic mass is 9.78. The van der Waals surface area contributed by atoms with Crippen molar-refractivity contribution in [2.24, 2.45) is 23.2 Å². The average molecular weight is 336 g/mol. The molecule has 4 aliphatic rings. The highest BCUT2D eigenvalue weighted by molar-refractivity contribution is 5.77. The molecule has 0 aromatic carbocycles. The molecule has 0 N–H and O–H groups in total. The molecule has 1 amide bonds. The van der Waals surface area contributed by atoms with Gasteiger partial charge in [-0.2, -0.15) is 0 Å². The number of hydrogen-bond donors (Lipinski definition) is 0. The molecule has 4 fully saturated rings. The summed E-state index contributed by atoms with van der Waals surface area (Å²) in [4.78, 5) is 28.1. The second-order valence-electron chi connectivity index (χ2n) is 8.01. The number of carbonyl (C=O) groups is 2. The minimum atomic E-state index is -0.161. The van der Waals surface area contributed by atoms with Crippen LogP contribution in [0.25, 0.3) is 0 Å². The minimum Gasteiger partial charge on any atom is -0.466 e. The van der Waals surface area contributed by atoms with Crippen molar-refractivity contribution in [3.05, 3.63) is 0 Å². The van der Waals surface area contributed by atoms with Gasteiger partial charge in [-0.3, -0.25) is 9.69 Å². The van der Waals surface area contributed by atoms with Gasteiger partial charge in [0, 0.05) is 37.6 Å². The summed E-state index contributed by atoms with van der Waals surface area (Å²) in [5.74, 6) is 1.23. The van der Waals surface area contributed by atoms with Gasteiger partial charge in [0.2, 0.25) is 0 Å². The first-order valence-corrected chi connectivity index (χ1v) is 9.39. The lowest BCUT2D eigenvalue weighted by Gasteiger charge is -2.47. The van der Waals surface area contributed by atoms with E-state index in [0.29, 0.717) is 36.5 Å². The summed E-state index contributed by atoms with van der Waals surface area (Å²) in [6, 6.07) is 0.630. The topological polar surface area (TPSA) is 59.1 Å². The van der Waals surface area contributed by atoms with Crippen LogP contribution in [0.5, 0.6) is 0 Å². The zero-order valence-corrected chi connectivity index (χ0v) is 14.7. The highest BCUT2D eigenvalue weighted by atomic mass is 16.6. The molecule has 134 valence electrons. The van der Waals surface area contributed by atoms with E-state index < -0.39 is 0 Å². The van der Waals surface area contributed by atoms with Gasteiger partial charge in [0.15, 0.2) is 0 Å². The van der Waals surface area contributed by atoms with Crippen LogP contribution in [0.3, 0.4) is 0 Å². The molecule has 0 bridgehead atoms. The van der Waals surface area contributed by atoms with Gasteiger partial charge in [-0.15, -0.1) is 0 Å². The molecule has 2 saturated carbocycles. The lowest BCUT2D eigenvalue weighted by molar-refractivity contribution is -0.145. The van der Waals surface area contributed by atoms with Gasteiger partial charge in [-0.1, -0.05) is 0 Å². The molecule has 2 aliphatic heterocycles. The van der Waals surface area contributed by atoms with E-state index in [2.05, 4.69) is 4.90 Å². The number of rotatable bonds is 4. The number of piperidine rings is 1. The third kappa shape index (κ3) is 2.59. The van der Waals surface area contributed by atoms with Gasteiger partial charge in [-0.05, 0) is 44.9 Å². The van der Waals surface area contributed by atoms with Crippen LogP contribution in [0.2, 0.25) is 0 Å². The second kappa shape index (κ2) is 5.90. The number of fused-ring (bicyclic) bond motifs is 1. The Balaban J connectivity index is 1.24. The Bertz CT molecular complexity index is 519. The van der Waals surface area contributed by atoms with Crippen molar-refractivity contribution in [3.63, 3.8) is 0 Å². The number of esters is 1. The Morgan fingerprint density at radius 1 is 1.08 bits per heavy atom. The summed E-state index contributed by atoms with van der Waals surface area (Å²) < 4.78 is 10.3. The summed E-state index contributed by atoms with van der Waals surface area (Å²) in [6.07, 6.45) is 3.46. The molecule has 6 heteroatoms. The predicted molar refractivity (Wildman–Crippen MR) is 87.3 cm³/mol. The minimum absolute atomic E-state index is 0.0131. The number of nitrogens with zero attached hydrogens (tertiary/aromatic N) is 2. The van der Waals surface area contributed by atoms with Crippen LogP contribution in [0.4, 0.5) is 4.79 Å². The SMILES string of the molecule is CCOC(=O)[C@H]1[C@@H]2CN(C3CCC4(C3)CN(C(=O)OCC)C4)C[C@@H]21. The van der Waals surface area contributed by atoms with E-state index in [1.807, 2.05) is 18.7 Å². The van der Waals surface area contributed by atoms with Crippen molar-refractivity contribution in [2.45, 2.75) is 39.2 Å². The molecule has 0 aromatic rings. The zero-order chi connectivity index (χ0) is 16.9. The zero-order valence-electron chi connectivity index (χ0n) is 14.7. The van der Waals surface area contributed by atoms with Gasteiger partial charge >= 0.3 is 12.1 Å². The molecule has 2 aliphatic carbocycles. The molecule has 6 nitrogen and oxygen atoms in total. The second-order valence-corrected chi connectivity index (χ2v) is 8.01. The molecule has 0 radical (unpaired) electrons. The molecule has 4 rings (SSSR count). The van der Waals surface area contributed by atoms with Gasteiger partial charge in [0.25, 0.3) is 0 Å². The van der Waals surface area contributed by atoms with Crippen molar-refractivity contribution in [1.29, 1.82) is 0 Å². The summed E-state index contributed by atoms with van der Waals surface area (Å²) in [5.41, 5.74) is 0.324. The Morgan fingerprint density at radius 2 is 1.75 bits per heavy atom. The van der Waals surface area contributed by atoms with E-state index in [-0.39, 0.29) is 18.0 Å². The summed E-state index contributed by atoms with van der Waals surface area (Å²) in [6.45, 7) is 8.47. The third-order valence-corrected chi connectivity index (χ3v) is 6.55. The van der Waals surface area contributed by atoms with Crippen LogP contribution >= 0.6 is 0 Å². The van der Waals surface area contributed by atoms with Crippen LogP contribution in [-0.2, 0) is 14.3 Å². The van der Waals surface area contributed by atoms with Crippen LogP contribution < -0.4 is 0 Å². The number of carbonyl (C=O) groups excluding carboxylic acids is 2. The fourth-order valence-corrected chi connectivity index (χ4v) is 5.33. The normalized spacial score (nSPS) is 36.3. The van der Waals surface area contributed by atoms with Gasteiger partial charge in [0.1, 0.15) is 0 Å². The van der Waals surface area contributed by atoms with Crippen LogP contribution in [-0.4, -0.2) is 67.3 Å². The first kappa shape index (κ1) is 16.2. The van der Waals surface area contributed by atoms with Crippen molar-refractivity contribution in [1.82, 2.24) is 9.80 Å². The Kier molecular flexibility index (Phi) is 3.98. The third-order valence-electron chi connectivity index (χ3n) is 6.55. The molecule has 4 atom stereocenters. The quantitative estimate of drug-likeness (QED) is 0.732. The van der Waals surface area contributed by atoms with Crippen LogP contribution in [0.1, 0.15) is 33.1 Å². The van der Waals surface area contributed by atoms with E-state index in [9.17, 15) is 9.59 Å². The summed E-state index contributed by atoms with van der Waals surface area (Å²) in [7, 11) is 0. The van der Waals surface area contributed by atoms with Gasteiger partial charge in [-0.25, -0.2) is 4.79 Å². The first-order valence-electron chi connectivity index (χ1n) is 9.39. The molecule has 2 saturated heterocycles. The number of amides is 1. The number of likely N-dealkylation sites (tertiary alicyclic amines) is 2. The Hall–Kier alpha value is -1.30. The van der Waals surface area contributed by atoms with Crippen molar-refractivity contribution < 1.29 is 19.1 Å². The first-order chi connectivity index (χ1) is 11.6. The fraction of sp³-hybridized carbons (Fsp3) is 0.889. The van der Waals surface area contributed by atoms with E-state index in [1.54, 1.807) is 0 Å². The Labute approximate surface area is 143 Å². The van der Waals surface area contributed by atoms with Crippen molar-refractivity contribution in [2.75, 3.05) is 39.4 Å². The van der Waals surface area contributed by atoms with Crippen molar-refractivity contribution in [3.8, 4) is 0 Å². The highest BCUT2D eigenvalue weighted by Crippen LogP contribution is 2.55. The molecular weight excluding hydrogens is 308 g/mol. The number of hydrogen-bond acceptors (Lipinski definition) is 5. The summed E-state index contributed by atoms with van der Waals surface area (Å²) in [5, 5.41) is 0. The number of ether oxygens (including phenoxy) is 2. The molecule has 1 unspecified atom stereocenters. The maximum absolute atomic E-state index is 11.9. The molecule has 2 heterocycles.